The van der Waals surface area contributed by atoms with Gasteiger partial charge in [0, 0.05) is 0 Å². The summed E-state index contributed by atoms with van der Waals surface area (Å²) in [4.78, 5) is 29.6. The van der Waals surface area contributed by atoms with Crippen LogP contribution in [-0.4, -0.2) is 24.2 Å². The number of carbonyl (C=O) groups excluding carboxylic acids is 2. The molecule has 0 aliphatic carbocycles. The topological polar surface area (TPSA) is 77.0 Å². The van der Waals surface area contributed by atoms with Gasteiger partial charge in [0.1, 0.15) is 11.5 Å². The Balaban J connectivity index is 1.41. The number of rotatable bonds is 5. The normalized spacial score (nSPS) is 15.6. The van der Waals surface area contributed by atoms with Crippen molar-refractivity contribution in [3.05, 3.63) is 94.4 Å². The lowest BCUT2D eigenvalue weighted by atomic mass is 10.2. The molecular formula is C25H20N2O4S. The molecule has 0 unspecified atom stereocenters. The number of hydrogen-bond donors (Lipinski definition) is 1. The molecule has 0 aromatic heterocycles. The summed E-state index contributed by atoms with van der Waals surface area (Å²) in [6, 6.07) is 21.4. The summed E-state index contributed by atoms with van der Waals surface area (Å²) in [6.45, 7) is 2.01. The number of nitrogens with one attached hydrogen (secondary N) is 1. The van der Waals surface area contributed by atoms with E-state index in [0.29, 0.717) is 27.1 Å². The summed E-state index contributed by atoms with van der Waals surface area (Å²) < 4.78 is 10.5. The molecule has 0 spiro atoms. The lowest BCUT2D eigenvalue weighted by Gasteiger charge is -2.05. The van der Waals surface area contributed by atoms with Crippen molar-refractivity contribution in [3.63, 3.8) is 0 Å². The van der Waals surface area contributed by atoms with Crippen LogP contribution in [0.25, 0.3) is 6.08 Å². The summed E-state index contributed by atoms with van der Waals surface area (Å²) >= 11 is 1.28. The molecule has 0 atom stereocenters. The third-order valence-corrected chi connectivity index (χ3v) is 5.54. The Morgan fingerprint density at radius 2 is 1.59 bits per heavy atom. The Hall–Kier alpha value is -3.84. The Labute approximate surface area is 190 Å². The highest BCUT2D eigenvalue weighted by atomic mass is 32.2. The van der Waals surface area contributed by atoms with Crippen LogP contribution < -0.4 is 14.8 Å². The number of amidine groups is 1. The van der Waals surface area contributed by atoms with E-state index in [1.165, 1.54) is 11.8 Å². The SMILES string of the molecule is COc1ccc(C(=O)Oc2ccc(/C=C3\SC(=Nc4ccc(C)cc4)NC3=O)cc2)cc1. The highest BCUT2D eigenvalue weighted by Gasteiger charge is 2.23. The number of esters is 1. The number of amides is 1. The molecule has 1 heterocycles. The smallest absolute Gasteiger partial charge is 0.343 e. The minimum Gasteiger partial charge on any atom is -0.497 e. The number of ether oxygens (including phenoxy) is 2. The van der Waals surface area contributed by atoms with E-state index in [9.17, 15) is 9.59 Å². The lowest BCUT2D eigenvalue weighted by molar-refractivity contribution is -0.115. The van der Waals surface area contributed by atoms with Crippen molar-refractivity contribution in [1.82, 2.24) is 5.32 Å². The molecule has 1 aliphatic heterocycles. The number of hydrogen-bond acceptors (Lipinski definition) is 6. The van der Waals surface area contributed by atoms with Crippen LogP contribution in [0.4, 0.5) is 5.69 Å². The fourth-order valence-electron chi connectivity index (χ4n) is 2.89. The second-order valence-corrected chi connectivity index (χ2v) is 8.03. The van der Waals surface area contributed by atoms with E-state index in [2.05, 4.69) is 10.3 Å². The van der Waals surface area contributed by atoms with E-state index in [1.54, 1.807) is 61.7 Å². The Morgan fingerprint density at radius 3 is 2.25 bits per heavy atom. The maximum absolute atomic E-state index is 12.3. The van der Waals surface area contributed by atoms with Gasteiger partial charge in [-0.3, -0.25) is 4.79 Å². The van der Waals surface area contributed by atoms with E-state index in [4.69, 9.17) is 9.47 Å². The number of thioether (sulfide) groups is 1. The molecule has 1 amide bonds. The molecule has 160 valence electrons. The Bertz CT molecular complexity index is 1200. The van der Waals surface area contributed by atoms with Crippen LogP contribution in [-0.2, 0) is 4.79 Å². The maximum Gasteiger partial charge on any atom is 0.343 e. The van der Waals surface area contributed by atoms with Gasteiger partial charge in [0.05, 0.1) is 23.3 Å². The monoisotopic (exact) mass is 444 g/mol. The Morgan fingerprint density at radius 1 is 0.938 bits per heavy atom. The second kappa shape index (κ2) is 9.53. The fraction of sp³-hybridized carbons (Fsp3) is 0.0800. The van der Waals surface area contributed by atoms with Crippen LogP contribution >= 0.6 is 11.8 Å². The average molecular weight is 445 g/mol. The summed E-state index contributed by atoms with van der Waals surface area (Å²) in [6.07, 6.45) is 1.77. The van der Waals surface area contributed by atoms with Gasteiger partial charge in [0.2, 0.25) is 0 Å². The van der Waals surface area contributed by atoms with Crippen molar-refractivity contribution in [2.75, 3.05) is 7.11 Å². The van der Waals surface area contributed by atoms with E-state index < -0.39 is 5.97 Å². The number of aryl methyl sites for hydroxylation is 1. The largest absolute Gasteiger partial charge is 0.497 e. The van der Waals surface area contributed by atoms with Gasteiger partial charge in [0.25, 0.3) is 5.91 Å². The molecule has 1 fully saturated rings. The molecule has 7 heteroatoms. The quantitative estimate of drug-likeness (QED) is 0.336. The molecule has 1 aliphatic rings. The van der Waals surface area contributed by atoms with Gasteiger partial charge in [-0.2, -0.15) is 0 Å². The first-order chi connectivity index (χ1) is 15.5. The van der Waals surface area contributed by atoms with E-state index >= 15 is 0 Å². The molecule has 1 N–H and O–H groups in total. The van der Waals surface area contributed by atoms with Crippen molar-refractivity contribution < 1.29 is 19.1 Å². The molecule has 6 nitrogen and oxygen atoms in total. The van der Waals surface area contributed by atoms with Crippen LogP contribution in [0.3, 0.4) is 0 Å². The second-order valence-electron chi connectivity index (χ2n) is 7.00. The molecule has 3 aromatic rings. The zero-order chi connectivity index (χ0) is 22.5. The lowest BCUT2D eigenvalue weighted by Crippen LogP contribution is -2.19. The number of nitrogens with zero attached hydrogens (tertiary/aromatic N) is 1. The van der Waals surface area contributed by atoms with Crippen molar-refractivity contribution in [3.8, 4) is 11.5 Å². The molecule has 4 rings (SSSR count). The molecular weight excluding hydrogens is 424 g/mol. The first-order valence-corrected chi connectivity index (χ1v) is 10.6. The molecule has 32 heavy (non-hydrogen) atoms. The molecule has 1 saturated heterocycles. The van der Waals surface area contributed by atoms with E-state index in [1.807, 2.05) is 31.2 Å². The minimum absolute atomic E-state index is 0.198. The fourth-order valence-corrected chi connectivity index (χ4v) is 3.74. The standard InChI is InChI=1S/C25H20N2O4S/c1-16-3-9-19(10-4-16)26-25-27-23(28)22(32-25)15-17-5-11-21(12-6-17)31-24(29)18-7-13-20(30-2)14-8-18/h3-15H,1-2H3,(H,26,27,28)/b22-15-. The van der Waals surface area contributed by atoms with Crippen molar-refractivity contribution in [1.29, 1.82) is 0 Å². The summed E-state index contributed by atoms with van der Waals surface area (Å²) in [5.41, 5.74) is 3.17. The van der Waals surface area contributed by atoms with E-state index in [-0.39, 0.29) is 5.91 Å². The van der Waals surface area contributed by atoms with Crippen molar-refractivity contribution in [2.45, 2.75) is 6.92 Å². The average Bonchev–Trinajstić information content (AvgIpc) is 3.15. The molecule has 0 bridgehead atoms. The summed E-state index contributed by atoms with van der Waals surface area (Å²) in [5, 5.41) is 3.32. The predicted molar refractivity (Wildman–Crippen MR) is 126 cm³/mol. The summed E-state index contributed by atoms with van der Waals surface area (Å²) in [7, 11) is 1.57. The van der Waals surface area contributed by atoms with Gasteiger partial charge in [-0.05, 0) is 78.9 Å². The highest BCUT2D eigenvalue weighted by Crippen LogP contribution is 2.28. The predicted octanol–water partition coefficient (Wildman–Crippen LogP) is 5.11. The van der Waals surface area contributed by atoms with Gasteiger partial charge in [0.15, 0.2) is 5.17 Å². The Kier molecular flexibility index (Phi) is 6.37. The van der Waals surface area contributed by atoms with Gasteiger partial charge in [-0.15, -0.1) is 0 Å². The molecule has 0 saturated carbocycles. The number of benzene rings is 3. The van der Waals surface area contributed by atoms with Crippen LogP contribution in [0.1, 0.15) is 21.5 Å². The zero-order valence-electron chi connectivity index (χ0n) is 17.5. The van der Waals surface area contributed by atoms with Gasteiger partial charge >= 0.3 is 5.97 Å². The molecule has 0 radical (unpaired) electrons. The van der Waals surface area contributed by atoms with Crippen LogP contribution in [0.2, 0.25) is 0 Å². The van der Waals surface area contributed by atoms with Crippen LogP contribution in [0.15, 0.2) is 82.7 Å². The first kappa shape index (κ1) is 21.4. The minimum atomic E-state index is -0.457. The van der Waals surface area contributed by atoms with Crippen molar-refractivity contribution >= 4 is 40.6 Å². The van der Waals surface area contributed by atoms with E-state index in [0.717, 1.165) is 16.8 Å². The zero-order valence-corrected chi connectivity index (χ0v) is 18.3. The van der Waals surface area contributed by atoms with Crippen LogP contribution in [0, 0.1) is 6.92 Å². The third-order valence-electron chi connectivity index (χ3n) is 4.63. The van der Waals surface area contributed by atoms with Gasteiger partial charge in [-0.25, -0.2) is 9.79 Å². The highest BCUT2D eigenvalue weighted by molar-refractivity contribution is 8.18. The van der Waals surface area contributed by atoms with Gasteiger partial charge in [-0.1, -0.05) is 29.8 Å². The third kappa shape index (κ3) is 5.25. The number of carbonyl (C=O) groups is 2. The van der Waals surface area contributed by atoms with Gasteiger partial charge < -0.3 is 14.8 Å². The van der Waals surface area contributed by atoms with Crippen molar-refractivity contribution in [2.24, 2.45) is 4.99 Å². The molecule has 3 aromatic carbocycles. The summed E-state index contributed by atoms with van der Waals surface area (Å²) in [5.74, 6) is 0.426. The number of aliphatic imine (C=N–C) groups is 1. The maximum atomic E-state index is 12.3. The number of methoxy groups -OCH3 is 1. The van der Waals surface area contributed by atoms with Crippen LogP contribution in [0.5, 0.6) is 11.5 Å². The first-order valence-electron chi connectivity index (χ1n) is 9.83.